The second-order valence-electron chi connectivity index (χ2n) is 5.93. The van der Waals surface area contributed by atoms with Crippen molar-refractivity contribution in [1.82, 2.24) is 0 Å². The zero-order valence-corrected chi connectivity index (χ0v) is 12.6. The quantitative estimate of drug-likeness (QED) is 0.407. The third-order valence-corrected chi connectivity index (χ3v) is 4.58. The predicted molar refractivity (Wildman–Crippen MR) is 98.1 cm³/mol. The van der Waals surface area contributed by atoms with Gasteiger partial charge in [0.25, 0.3) is 0 Å². The van der Waals surface area contributed by atoms with Crippen LogP contribution in [0.1, 0.15) is 0 Å². The first-order valence-corrected chi connectivity index (χ1v) is 7.89. The Kier molecular flexibility index (Phi) is 2.56. The molecule has 4 aromatic rings. The molecule has 0 saturated carbocycles. The molecule has 23 heavy (non-hydrogen) atoms. The van der Waals surface area contributed by atoms with E-state index in [2.05, 4.69) is 84.2 Å². The molecular weight excluding hydrogens is 278 g/mol. The molecule has 5 rings (SSSR count). The van der Waals surface area contributed by atoms with Crippen LogP contribution in [0.5, 0.6) is 0 Å². The largest absolute Gasteiger partial charge is 0.355 e. The fourth-order valence-electron chi connectivity index (χ4n) is 3.60. The molecule has 0 unspecified atom stereocenters. The fourth-order valence-corrected chi connectivity index (χ4v) is 3.60. The summed E-state index contributed by atoms with van der Waals surface area (Å²) in [4.78, 5) is 0. The molecule has 0 amide bonds. The Labute approximate surface area is 135 Å². The lowest BCUT2D eigenvalue weighted by molar-refractivity contribution is 1.57. The summed E-state index contributed by atoms with van der Waals surface area (Å²) in [5, 5.41) is 6.24. The topological polar surface area (TPSA) is 12.0 Å². The minimum Gasteiger partial charge on any atom is -0.355 e. The third-order valence-electron chi connectivity index (χ3n) is 4.58. The fraction of sp³-hybridized carbons (Fsp3) is 0. The van der Waals surface area contributed by atoms with E-state index in [9.17, 15) is 0 Å². The molecule has 0 fully saturated rings. The molecule has 0 bridgehead atoms. The Bertz CT molecular complexity index is 1030. The minimum absolute atomic E-state index is 1.12. The van der Waals surface area contributed by atoms with Gasteiger partial charge in [-0.3, -0.25) is 0 Å². The van der Waals surface area contributed by atoms with Gasteiger partial charge in [0.15, 0.2) is 0 Å². The van der Waals surface area contributed by atoms with Crippen LogP contribution in [0, 0.1) is 0 Å². The van der Waals surface area contributed by atoms with E-state index in [4.69, 9.17) is 0 Å². The number of nitrogens with one attached hydrogen (secondary N) is 1. The van der Waals surface area contributed by atoms with Crippen LogP contribution in [0.25, 0.3) is 33.0 Å². The van der Waals surface area contributed by atoms with E-state index >= 15 is 0 Å². The number of para-hydroxylation sites is 1. The Morgan fingerprint density at radius 1 is 0.522 bits per heavy atom. The number of benzene rings is 4. The van der Waals surface area contributed by atoms with Crippen molar-refractivity contribution >= 4 is 22.1 Å². The molecule has 0 heterocycles. The zero-order chi connectivity index (χ0) is 15.2. The van der Waals surface area contributed by atoms with Gasteiger partial charge < -0.3 is 5.32 Å². The van der Waals surface area contributed by atoms with Crippen molar-refractivity contribution in [3.8, 4) is 22.3 Å². The van der Waals surface area contributed by atoms with Crippen molar-refractivity contribution in [3.63, 3.8) is 0 Å². The van der Waals surface area contributed by atoms with Gasteiger partial charge in [-0.1, -0.05) is 66.7 Å². The summed E-state index contributed by atoms with van der Waals surface area (Å²) in [5.41, 5.74) is 7.58. The maximum Gasteiger partial charge on any atom is 0.0470 e. The molecule has 1 aliphatic rings. The van der Waals surface area contributed by atoms with Crippen LogP contribution >= 0.6 is 0 Å². The van der Waals surface area contributed by atoms with Crippen LogP contribution < -0.4 is 5.32 Å². The average Bonchev–Trinajstić information content (AvgIpc) is 2.95. The number of hydrogen-bond acceptors (Lipinski definition) is 1. The summed E-state index contributed by atoms with van der Waals surface area (Å²) < 4.78 is 0. The van der Waals surface area contributed by atoms with E-state index in [1.807, 2.05) is 6.07 Å². The lowest BCUT2D eigenvalue weighted by atomic mass is 10.0. The summed E-state index contributed by atoms with van der Waals surface area (Å²) in [6, 6.07) is 30.0. The Morgan fingerprint density at radius 2 is 1.26 bits per heavy atom. The molecule has 1 aliphatic carbocycles. The summed E-state index contributed by atoms with van der Waals surface area (Å²) >= 11 is 0. The van der Waals surface area contributed by atoms with Crippen molar-refractivity contribution in [2.75, 3.05) is 5.32 Å². The van der Waals surface area contributed by atoms with Gasteiger partial charge in [-0.05, 0) is 45.7 Å². The molecule has 0 spiro atoms. The second kappa shape index (κ2) is 4.72. The summed E-state index contributed by atoms with van der Waals surface area (Å²) in [5.74, 6) is 0. The second-order valence-corrected chi connectivity index (χ2v) is 5.93. The van der Waals surface area contributed by atoms with Crippen LogP contribution in [-0.4, -0.2) is 0 Å². The lowest BCUT2D eigenvalue weighted by Crippen LogP contribution is -1.92. The van der Waals surface area contributed by atoms with Crippen molar-refractivity contribution in [3.05, 3.63) is 84.9 Å². The van der Waals surface area contributed by atoms with Crippen LogP contribution in [-0.2, 0) is 0 Å². The number of anilines is 2. The van der Waals surface area contributed by atoms with Crippen LogP contribution in [0.3, 0.4) is 0 Å². The molecule has 0 saturated heterocycles. The van der Waals surface area contributed by atoms with Crippen LogP contribution in [0.15, 0.2) is 84.9 Å². The van der Waals surface area contributed by atoms with Crippen molar-refractivity contribution < 1.29 is 0 Å². The highest BCUT2D eigenvalue weighted by molar-refractivity contribution is 6.18. The van der Waals surface area contributed by atoms with E-state index in [1.165, 1.54) is 38.7 Å². The Morgan fingerprint density at radius 3 is 2.13 bits per heavy atom. The molecule has 4 aromatic carbocycles. The average molecular weight is 293 g/mol. The van der Waals surface area contributed by atoms with Gasteiger partial charge >= 0.3 is 0 Å². The monoisotopic (exact) mass is 293 g/mol. The molecule has 1 N–H and O–H groups in total. The number of rotatable bonds is 2. The summed E-state index contributed by atoms with van der Waals surface area (Å²) in [7, 11) is 0. The van der Waals surface area contributed by atoms with Crippen LogP contribution in [0.4, 0.5) is 11.4 Å². The van der Waals surface area contributed by atoms with Gasteiger partial charge in [-0.2, -0.15) is 0 Å². The van der Waals surface area contributed by atoms with Crippen molar-refractivity contribution in [2.45, 2.75) is 0 Å². The smallest absolute Gasteiger partial charge is 0.0470 e. The highest BCUT2D eigenvalue weighted by Crippen LogP contribution is 2.50. The third kappa shape index (κ3) is 1.80. The predicted octanol–water partition coefficient (Wildman–Crippen LogP) is 6.23. The first-order chi connectivity index (χ1) is 11.4. The van der Waals surface area contributed by atoms with Gasteiger partial charge in [-0.15, -0.1) is 0 Å². The summed E-state index contributed by atoms with van der Waals surface area (Å²) in [6.45, 7) is 0. The van der Waals surface area contributed by atoms with Gasteiger partial charge in [-0.25, -0.2) is 0 Å². The minimum atomic E-state index is 1.12. The zero-order valence-electron chi connectivity index (χ0n) is 12.6. The molecular formula is C22H15N. The normalized spacial score (nSPS) is 11.5. The number of fused-ring (bicyclic) bond motifs is 3. The highest BCUT2D eigenvalue weighted by atomic mass is 14.9. The molecule has 0 atom stereocenters. The van der Waals surface area contributed by atoms with Gasteiger partial charge in [0.05, 0.1) is 0 Å². The van der Waals surface area contributed by atoms with E-state index in [1.54, 1.807) is 0 Å². The summed E-state index contributed by atoms with van der Waals surface area (Å²) in [6.07, 6.45) is 0. The van der Waals surface area contributed by atoms with E-state index < -0.39 is 0 Å². The first-order valence-electron chi connectivity index (χ1n) is 7.89. The molecule has 0 aromatic heterocycles. The first kappa shape index (κ1) is 12.5. The van der Waals surface area contributed by atoms with E-state index in [0.29, 0.717) is 0 Å². The van der Waals surface area contributed by atoms with Crippen LogP contribution in [0.2, 0.25) is 0 Å². The highest BCUT2D eigenvalue weighted by Gasteiger charge is 2.23. The lowest BCUT2D eigenvalue weighted by Gasteiger charge is -2.12. The van der Waals surface area contributed by atoms with Crippen molar-refractivity contribution in [2.24, 2.45) is 0 Å². The standard InChI is InChI=1S/C22H15N/c1-2-8-16(9-3-1)23-20-14-13-15-7-6-12-18-17-10-4-5-11-19(17)22(20)21(15)18/h1-14,23H. The maximum atomic E-state index is 3.59. The number of hydrogen-bond donors (Lipinski definition) is 1. The van der Waals surface area contributed by atoms with E-state index in [-0.39, 0.29) is 0 Å². The SMILES string of the molecule is c1ccc(Nc2ccc3cccc4c3c2-c2ccccc2-4)cc1. The molecule has 0 aliphatic heterocycles. The van der Waals surface area contributed by atoms with Gasteiger partial charge in [0, 0.05) is 16.9 Å². The van der Waals surface area contributed by atoms with Gasteiger partial charge in [0.2, 0.25) is 0 Å². The molecule has 1 heteroatoms. The Hall–Kier alpha value is -3.06. The van der Waals surface area contributed by atoms with E-state index in [0.717, 1.165) is 5.69 Å². The van der Waals surface area contributed by atoms with Crippen molar-refractivity contribution in [1.29, 1.82) is 0 Å². The molecule has 108 valence electrons. The van der Waals surface area contributed by atoms with Gasteiger partial charge in [0.1, 0.15) is 0 Å². The Balaban J connectivity index is 1.81. The molecule has 1 nitrogen and oxygen atoms in total. The molecule has 0 radical (unpaired) electrons. The maximum absolute atomic E-state index is 3.59.